The highest BCUT2D eigenvalue weighted by molar-refractivity contribution is 7.08. The minimum atomic E-state index is -0.493. The molecule has 2 aliphatic heterocycles. The summed E-state index contributed by atoms with van der Waals surface area (Å²) in [5, 5.41) is 13.0. The zero-order valence-corrected chi connectivity index (χ0v) is 20.6. The highest BCUT2D eigenvalue weighted by Gasteiger charge is 2.39. The van der Waals surface area contributed by atoms with E-state index in [9.17, 15) is 4.79 Å². The van der Waals surface area contributed by atoms with Crippen molar-refractivity contribution in [1.82, 2.24) is 4.90 Å². The molecule has 1 amide bonds. The Balaban J connectivity index is 1.70. The van der Waals surface area contributed by atoms with Gasteiger partial charge in [0, 0.05) is 38.1 Å². The number of ether oxygens (including phenoxy) is 4. The van der Waals surface area contributed by atoms with Crippen molar-refractivity contribution in [3.05, 3.63) is 34.2 Å². The Hall–Kier alpha value is -1.45. The average molecular weight is 482 g/mol. The first kappa shape index (κ1) is 26.2. The molecule has 186 valence electrons. The quantitative estimate of drug-likeness (QED) is 0.456. The lowest BCUT2D eigenvalue weighted by molar-refractivity contribution is -0.172. The minimum Gasteiger partial charge on any atom is -0.459 e. The molecule has 1 aromatic heterocycles. The van der Waals surface area contributed by atoms with E-state index in [4.69, 9.17) is 24.1 Å². The number of carbonyl (C=O) groups excluding carboxylic acids is 1. The fraction of sp³-hybridized carbons (Fsp3) is 0.720. The van der Waals surface area contributed by atoms with Crippen LogP contribution in [0.15, 0.2) is 28.7 Å². The van der Waals surface area contributed by atoms with E-state index >= 15 is 0 Å². The molecule has 33 heavy (non-hydrogen) atoms. The molecule has 7 nitrogen and oxygen atoms in total. The number of carbonyl (C=O) groups is 1. The van der Waals surface area contributed by atoms with Crippen molar-refractivity contribution in [1.29, 1.82) is 0 Å². The molecule has 2 aliphatic rings. The fourth-order valence-electron chi connectivity index (χ4n) is 4.49. The van der Waals surface area contributed by atoms with Gasteiger partial charge in [0.2, 0.25) is 6.29 Å². The van der Waals surface area contributed by atoms with Crippen molar-refractivity contribution in [2.24, 2.45) is 5.92 Å². The van der Waals surface area contributed by atoms with Gasteiger partial charge in [0.25, 0.3) is 5.91 Å². The van der Waals surface area contributed by atoms with Crippen LogP contribution in [0.4, 0.5) is 0 Å². The van der Waals surface area contributed by atoms with E-state index in [1.54, 1.807) is 11.3 Å². The third-order valence-electron chi connectivity index (χ3n) is 6.20. The van der Waals surface area contributed by atoms with Crippen molar-refractivity contribution in [3.8, 4) is 0 Å². The molecular weight excluding hydrogens is 442 g/mol. The molecule has 0 aromatic carbocycles. The lowest BCUT2D eigenvalue weighted by Crippen LogP contribution is -2.41. The standard InChI is InChI=1S/C25H39NO6S/c1-2-31-25-21(8-13-29-15-16-30-14-12-27)22(20-9-17-33-19-20)18-23(32-25)24(28)26-10-6-4-3-5-7-11-26/h9,17-19,21-22,25,27H,2-8,10-16H2,1H3. The second-order valence-corrected chi connectivity index (χ2v) is 9.30. The molecule has 0 saturated carbocycles. The highest BCUT2D eigenvalue weighted by atomic mass is 32.1. The van der Waals surface area contributed by atoms with Crippen molar-refractivity contribution < 1.29 is 28.8 Å². The third-order valence-corrected chi connectivity index (χ3v) is 6.90. The van der Waals surface area contributed by atoms with Gasteiger partial charge >= 0.3 is 0 Å². The third kappa shape index (κ3) is 8.07. The molecule has 3 rings (SSSR count). The monoisotopic (exact) mass is 481 g/mol. The molecule has 0 bridgehead atoms. The Morgan fingerprint density at radius 3 is 2.52 bits per heavy atom. The zero-order valence-electron chi connectivity index (χ0n) is 19.8. The molecule has 3 atom stereocenters. The number of rotatable bonds is 12. The molecule has 1 saturated heterocycles. The Morgan fingerprint density at radius 1 is 1.12 bits per heavy atom. The van der Waals surface area contributed by atoms with E-state index in [1.807, 2.05) is 17.9 Å². The van der Waals surface area contributed by atoms with Crippen molar-refractivity contribution in [2.45, 2.75) is 57.7 Å². The SMILES string of the molecule is CCOC1OC(C(=O)N2CCCCCCC2)=CC(c2ccsc2)C1CCOCCOCCO. The number of hydrogen-bond donors (Lipinski definition) is 1. The minimum absolute atomic E-state index is 0.0161. The fourth-order valence-corrected chi connectivity index (χ4v) is 5.19. The van der Waals surface area contributed by atoms with Gasteiger partial charge in [-0.25, -0.2) is 0 Å². The van der Waals surface area contributed by atoms with Gasteiger partial charge < -0.3 is 29.0 Å². The summed E-state index contributed by atoms with van der Waals surface area (Å²) in [6.45, 7) is 5.86. The number of amides is 1. The van der Waals surface area contributed by atoms with Crippen LogP contribution < -0.4 is 0 Å². The topological polar surface area (TPSA) is 77.5 Å². The summed E-state index contributed by atoms with van der Waals surface area (Å²) in [4.78, 5) is 15.4. The van der Waals surface area contributed by atoms with Crippen LogP contribution in [-0.2, 0) is 23.7 Å². The summed E-state index contributed by atoms with van der Waals surface area (Å²) in [6.07, 6.45) is 7.96. The lowest BCUT2D eigenvalue weighted by atomic mass is 9.82. The summed E-state index contributed by atoms with van der Waals surface area (Å²) >= 11 is 1.66. The molecule has 0 radical (unpaired) electrons. The van der Waals surface area contributed by atoms with E-state index in [0.717, 1.165) is 32.4 Å². The Bertz CT molecular complexity index is 702. The molecule has 1 fully saturated rings. The van der Waals surface area contributed by atoms with Gasteiger partial charge in [-0.1, -0.05) is 19.3 Å². The van der Waals surface area contributed by atoms with Crippen LogP contribution in [0.2, 0.25) is 0 Å². The maximum atomic E-state index is 13.4. The van der Waals surface area contributed by atoms with Gasteiger partial charge in [0.05, 0.1) is 26.4 Å². The van der Waals surface area contributed by atoms with Crippen LogP contribution in [0.25, 0.3) is 0 Å². The van der Waals surface area contributed by atoms with E-state index in [-0.39, 0.29) is 24.3 Å². The zero-order chi connectivity index (χ0) is 23.3. The van der Waals surface area contributed by atoms with Gasteiger partial charge in [-0.3, -0.25) is 4.79 Å². The highest BCUT2D eigenvalue weighted by Crippen LogP contribution is 2.40. The maximum Gasteiger partial charge on any atom is 0.288 e. The predicted molar refractivity (Wildman–Crippen MR) is 128 cm³/mol. The molecule has 3 heterocycles. The molecule has 1 N–H and O–H groups in total. The second kappa shape index (κ2) is 14.7. The van der Waals surface area contributed by atoms with Crippen LogP contribution in [0, 0.1) is 5.92 Å². The van der Waals surface area contributed by atoms with Crippen LogP contribution >= 0.6 is 11.3 Å². The molecule has 3 unspecified atom stereocenters. The Kier molecular flexibility index (Phi) is 11.7. The van der Waals surface area contributed by atoms with E-state index < -0.39 is 6.29 Å². The number of aliphatic hydroxyl groups excluding tert-OH is 1. The number of aliphatic hydroxyl groups is 1. The number of hydrogen-bond acceptors (Lipinski definition) is 7. The number of nitrogens with zero attached hydrogens (tertiary/aromatic N) is 1. The first-order valence-corrected chi connectivity index (χ1v) is 13.3. The second-order valence-electron chi connectivity index (χ2n) is 8.52. The number of likely N-dealkylation sites (tertiary alicyclic amines) is 1. The van der Waals surface area contributed by atoms with E-state index in [1.165, 1.54) is 24.8 Å². The summed E-state index contributed by atoms with van der Waals surface area (Å²) in [7, 11) is 0. The molecule has 0 spiro atoms. The van der Waals surface area contributed by atoms with Crippen LogP contribution in [0.1, 0.15) is 56.9 Å². The Morgan fingerprint density at radius 2 is 1.85 bits per heavy atom. The van der Waals surface area contributed by atoms with Gasteiger partial charge in [-0.15, -0.1) is 0 Å². The van der Waals surface area contributed by atoms with Crippen LogP contribution in [-0.4, -0.2) is 74.9 Å². The maximum absolute atomic E-state index is 13.4. The predicted octanol–water partition coefficient (Wildman–Crippen LogP) is 3.93. The van der Waals surface area contributed by atoms with Crippen molar-refractivity contribution >= 4 is 17.2 Å². The average Bonchev–Trinajstić information content (AvgIpc) is 3.33. The smallest absolute Gasteiger partial charge is 0.288 e. The lowest BCUT2D eigenvalue weighted by Gasteiger charge is -2.38. The first-order valence-electron chi connectivity index (χ1n) is 12.3. The van der Waals surface area contributed by atoms with Crippen molar-refractivity contribution in [2.75, 3.05) is 52.7 Å². The molecule has 8 heteroatoms. The summed E-state index contributed by atoms with van der Waals surface area (Å²) in [5.74, 6) is 0.476. The normalized spacial score (nSPS) is 24.0. The summed E-state index contributed by atoms with van der Waals surface area (Å²) in [6, 6.07) is 2.12. The largest absolute Gasteiger partial charge is 0.459 e. The van der Waals surface area contributed by atoms with E-state index in [2.05, 4.69) is 16.8 Å². The van der Waals surface area contributed by atoms with Crippen molar-refractivity contribution in [3.63, 3.8) is 0 Å². The summed E-state index contributed by atoms with van der Waals surface area (Å²) in [5.41, 5.74) is 1.18. The Labute approximate surface area is 201 Å². The van der Waals surface area contributed by atoms with Gasteiger partial charge in [0.15, 0.2) is 5.76 Å². The summed E-state index contributed by atoms with van der Waals surface area (Å²) < 4.78 is 23.2. The molecule has 1 aromatic rings. The van der Waals surface area contributed by atoms with Gasteiger partial charge in [-0.2, -0.15) is 11.3 Å². The van der Waals surface area contributed by atoms with Crippen LogP contribution in [0.3, 0.4) is 0 Å². The van der Waals surface area contributed by atoms with Gasteiger partial charge in [-0.05, 0) is 54.7 Å². The van der Waals surface area contributed by atoms with E-state index in [0.29, 0.717) is 38.8 Å². The van der Waals surface area contributed by atoms with Gasteiger partial charge in [0.1, 0.15) is 0 Å². The number of allylic oxidation sites excluding steroid dienone is 1. The first-order chi connectivity index (χ1) is 16.2. The number of thiophene rings is 1. The van der Waals surface area contributed by atoms with Crippen LogP contribution in [0.5, 0.6) is 0 Å². The molecule has 0 aliphatic carbocycles. The molecular formula is C25H39NO6S.